The molecule has 0 aliphatic carbocycles. The number of pyridine rings is 1. The van der Waals surface area contributed by atoms with Crippen LogP contribution in [0.4, 0.5) is 5.69 Å². The van der Waals surface area contributed by atoms with Crippen molar-refractivity contribution in [1.29, 1.82) is 0 Å². The number of aliphatic hydroxyl groups is 1. The lowest BCUT2D eigenvalue weighted by Crippen LogP contribution is -2.03. The molecule has 24 heavy (non-hydrogen) atoms. The summed E-state index contributed by atoms with van der Waals surface area (Å²) in [5, 5.41) is 15.5. The summed E-state index contributed by atoms with van der Waals surface area (Å²) >= 11 is 0. The van der Waals surface area contributed by atoms with Crippen LogP contribution in [0.2, 0.25) is 0 Å². The fourth-order valence-corrected chi connectivity index (χ4v) is 2.62. The minimum absolute atomic E-state index is 0.0370. The molecule has 4 N–H and O–H groups in total. The smallest absolute Gasteiger partial charge is 0.140 e. The van der Waals surface area contributed by atoms with Crippen molar-refractivity contribution in [3.05, 3.63) is 84.4 Å². The number of nitrogens with one attached hydrogen (secondary N) is 1. The molecule has 4 heteroatoms. The second-order valence-corrected chi connectivity index (χ2v) is 5.54. The average molecular weight is 317 g/mol. The van der Waals surface area contributed by atoms with Crippen molar-refractivity contribution in [2.45, 2.75) is 6.92 Å². The summed E-state index contributed by atoms with van der Waals surface area (Å²) in [6.07, 6.45) is 3.06. The lowest BCUT2D eigenvalue weighted by molar-refractivity contribution is 0.427. The quantitative estimate of drug-likeness (QED) is 0.373. The van der Waals surface area contributed by atoms with Gasteiger partial charge in [0, 0.05) is 22.5 Å². The van der Waals surface area contributed by atoms with Gasteiger partial charge >= 0.3 is 0 Å². The Labute approximate surface area is 140 Å². The number of fused-ring (bicyclic) bond motifs is 2. The second kappa shape index (κ2) is 6.46. The van der Waals surface area contributed by atoms with Gasteiger partial charge in [-0.15, -0.1) is 0 Å². The van der Waals surface area contributed by atoms with Gasteiger partial charge in [-0.2, -0.15) is 0 Å². The number of hydrogen-bond donors (Lipinski definition) is 3. The summed E-state index contributed by atoms with van der Waals surface area (Å²) in [6.45, 7) is 5.50. The molecule has 3 aromatic rings. The molecule has 0 fully saturated rings. The van der Waals surface area contributed by atoms with Crippen LogP contribution in [-0.2, 0) is 0 Å². The van der Waals surface area contributed by atoms with E-state index in [4.69, 9.17) is 5.73 Å². The van der Waals surface area contributed by atoms with Gasteiger partial charge in [0.2, 0.25) is 0 Å². The molecule has 1 heterocycles. The van der Waals surface area contributed by atoms with Gasteiger partial charge in [0.25, 0.3) is 0 Å². The van der Waals surface area contributed by atoms with Crippen molar-refractivity contribution in [3.8, 4) is 0 Å². The van der Waals surface area contributed by atoms with Gasteiger partial charge in [0.15, 0.2) is 0 Å². The van der Waals surface area contributed by atoms with E-state index in [9.17, 15) is 5.11 Å². The highest BCUT2D eigenvalue weighted by atomic mass is 16.3. The van der Waals surface area contributed by atoms with E-state index < -0.39 is 0 Å². The third-order valence-electron chi connectivity index (χ3n) is 3.69. The minimum atomic E-state index is 0.0370. The Bertz CT molecular complexity index is 929. The number of benzene rings is 2. The third kappa shape index (κ3) is 2.94. The van der Waals surface area contributed by atoms with Crippen LogP contribution in [0.1, 0.15) is 6.92 Å². The van der Waals surface area contributed by atoms with Crippen molar-refractivity contribution >= 4 is 27.5 Å². The Morgan fingerprint density at radius 3 is 2.12 bits per heavy atom. The topological polar surface area (TPSA) is 71.2 Å². The summed E-state index contributed by atoms with van der Waals surface area (Å²) in [4.78, 5) is 4.69. The van der Waals surface area contributed by atoms with Crippen molar-refractivity contribution in [3.63, 3.8) is 0 Å². The molecule has 0 unspecified atom stereocenters. The van der Waals surface area contributed by atoms with E-state index in [-0.39, 0.29) is 5.76 Å². The lowest BCUT2D eigenvalue weighted by atomic mass is 10.1. The first kappa shape index (κ1) is 15.6. The van der Waals surface area contributed by atoms with Gasteiger partial charge in [-0.3, -0.25) is 0 Å². The minimum Gasteiger partial charge on any atom is -0.506 e. The first-order valence-electron chi connectivity index (χ1n) is 7.64. The first-order valence-corrected chi connectivity index (χ1v) is 7.64. The van der Waals surface area contributed by atoms with Crippen LogP contribution in [0.25, 0.3) is 21.8 Å². The third-order valence-corrected chi connectivity index (χ3v) is 3.69. The summed E-state index contributed by atoms with van der Waals surface area (Å²) in [7, 11) is 0. The van der Waals surface area contributed by atoms with Gasteiger partial charge in [-0.1, -0.05) is 43.0 Å². The van der Waals surface area contributed by atoms with Crippen LogP contribution in [0.15, 0.2) is 84.4 Å². The zero-order chi connectivity index (χ0) is 17.1. The normalized spacial score (nSPS) is 13.0. The molecule has 0 aliphatic rings. The molecule has 1 aromatic heterocycles. The van der Waals surface area contributed by atoms with E-state index >= 15 is 0 Å². The van der Waals surface area contributed by atoms with Gasteiger partial charge in [0.1, 0.15) is 5.76 Å². The highest BCUT2D eigenvalue weighted by Crippen LogP contribution is 2.32. The molecule has 0 saturated heterocycles. The number of allylic oxidation sites excluding steroid dienone is 3. The monoisotopic (exact) mass is 317 g/mol. The largest absolute Gasteiger partial charge is 0.506 e. The zero-order valence-electron chi connectivity index (χ0n) is 13.5. The maximum Gasteiger partial charge on any atom is 0.140 e. The summed E-state index contributed by atoms with van der Waals surface area (Å²) < 4.78 is 0. The number of nitrogens with two attached hydrogens (primary N) is 1. The number of para-hydroxylation sites is 2. The molecule has 0 atom stereocenters. The summed E-state index contributed by atoms with van der Waals surface area (Å²) in [6, 6.07) is 15.8. The summed E-state index contributed by atoms with van der Waals surface area (Å²) in [5.74, 6) is 0.0370. The van der Waals surface area contributed by atoms with Gasteiger partial charge in [-0.25, -0.2) is 4.98 Å². The van der Waals surface area contributed by atoms with Gasteiger partial charge < -0.3 is 16.2 Å². The van der Waals surface area contributed by atoms with Crippen molar-refractivity contribution in [2.24, 2.45) is 5.73 Å². The fraction of sp³-hybridized carbons (Fsp3) is 0.0500. The van der Waals surface area contributed by atoms with Crippen molar-refractivity contribution in [2.75, 3.05) is 5.32 Å². The van der Waals surface area contributed by atoms with E-state index in [1.807, 2.05) is 48.5 Å². The molecule has 4 nitrogen and oxygen atoms in total. The Hall–Kier alpha value is -3.27. The standard InChI is InChI=1S/C20H19N3O/c1-3-16(19(24)12-13(2)21)23-20-14-8-4-6-10-17(14)22-18-11-7-5-9-15(18)20/h3-12,24H,1,21H2,2H3,(H,22,23)/b13-12+,19-16-. The first-order chi connectivity index (χ1) is 11.6. The molecule has 0 spiro atoms. The Balaban J connectivity index is 2.26. The number of aliphatic hydroxyl groups excluding tert-OH is 1. The molecular formula is C20H19N3O. The van der Waals surface area contributed by atoms with Crippen LogP contribution in [0, 0.1) is 0 Å². The van der Waals surface area contributed by atoms with Gasteiger partial charge in [-0.05, 0) is 25.1 Å². The van der Waals surface area contributed by atoms with Crippen LogP contribution >= 0.6 is 0 Å². The Kier molecular flexibility index (Phi) is 4.20. The Morgan fingerprint density at radius 1 is 1.08 bits per heavy atom. The Morgan fingerprint density at radius 2 is 1.62 bits per heavy atom. The molecular weight excluding hydrogens is 298 g/mol. The maximum absolute atomic E-state index is 10.3. The number of aromatic nitrogens is 1. The van der Waals surface area contributed by atoms with Crippen LogP contribution in [0.3, 0.4) is 0 Å². The number of rotatable bonds is 4. The summed E-state index contributed by atoms with van der Waals surface area (Å²) in [5.41, 5.74) is 9.29. The molecule has 0 bridgehead atoms. The second-order valence-electron chi connectivity index (χ2n) is 5.54. The van der Waals surface area contributed by atoms with E-state index in [1.54, 1.807) is 13.0 Å². The predicted octanol–water partition coefficient (Wildman–Crippen LogP) is 4.62. The lowest BCUT2D eigenvalue weighted by Gasteiger charge is -2.14. The van der Waals surface area contributed by atoms with Crippen LogP contribution < -0.4 is 11.1 Å². The van der Waals surface area contributed by atoms with Crippen LogP contribution in [-0.4, -0.2) is 10.1 Å². The zero-order valence-corrected chi connectivity index (χ0v) is 13.5. The molecule has 3 rings (SSSR count). The molecule has 0 radical (unpaired) electrons. The molecule has 0 saturated carbocycles. The molecule has 2 aromatic carbocycles. The maximum atomic E-state index is 10.3. The molecule has 0 amide bonds. The van der Waals surface area contributed by atoms with Gasteiger partial charge in [0.05, 0.1) is 22.4 Å². The van der Waals surface area contributed by atoms with E-state index in [0.29, 0.717) is 11.4 Å². The average Bonchev–Trinajstić information content (AvgIpc) is 2.57. The van der Waals surface area contributed by atoms with Crippen molar-refractivity contribution < 1.29 is 5.11 Å². The number of nitrogens with zero attached hydrogens (tertiary/aromatic N) is 1. The predicted molar refractivity (Wildman–Crippen MR) is 101 cm³/mol. The number of anilines is 1. The number of hydrogen-bond acceptors (Lipinski definition) is 4. The van der Waals surface area contributed by atoms with E-state index in [2.05, 4.69) is 16.9 Å². The van der Waals surface area contributed by atoms with E-state index in [1.165, 1.54) is 6.08 Å². The van der Waals surface area contributed by atoms with E-state index in [0.717, 1.165) is 27.5 Å². The molecule has 0 aliphatic heterocycles. The highest BCUT2D eigenvalue weighted by molar-refractivity contribution is 6.08. The fourth-order valence-electron chi connectivity index (χ4n) is 2.62. The SMILES string of the molecule is C=C/C(Nc1c2ccccc2nc2ccccc12)=C(O)\C=C(/C)N. The molecule has 120 valence electrons. The highest BCUT2D eigenvalue weighted by Gasteiger charge is 2.10. The van der Waals surface area contributed by atoms with Crippen LogP contribution in [0.5, 0.6) is 0 Å². The van der Waals surface area contributed by atoms with Crippen molar-refractivity contribution in [1.82, 2.24) is 4.98 Å².